The van der Waals surface area contributed by atoms with E-state index in [2.05, 4.69) is 47.4 Å². The molecule has 1 spiro atoms. The highest BCUT2D eigenvalue weighted by Crippen LogP contribution is 2.49. The Kier molecular flexibility index (Phi) is 5.77. The van der Waals surface area contributed by atoms with Crippen molar-refractivity contribution in [1.29, 1.82) is 0 Å². The minimum absolute atomic E-state index is 0.114. The fraction of sp³-hybridized carbons (Fsp3) is 0.276. The first kappa shape index (κ1) is 24.9. The SMILES string of the molecule is C=CC(=O)NC1CC2(C1)CN(c1ncc3ncnc(Nc4ccc(Oc5ccc6c(c5)nnn6C)c(C)c4)c3n1)C2. The molecule has 1 saturated carbocycles. The van der Waals surface area contributed by atoms with Crippen LogP contribution in [-0.4, -0.2) is 60.0 Å². The van der Waals surface area contributed by atoms with Gasteiger partial charge in [-0.2, -0.15) is 0 Å². The summed E-state index contributed by atoms with van der Waals surface area (Å²) in [5.41, 5.74) is 5.05. The zero-order valence-corrected chi connectivity index (χ0v) is 22.7. The van der Waals surface area contributed by atoms with Crippen molar-refractivity contribution in [2.75, 3.05) is 23.3 Å². The molecule has 2 N–H and O–H groups in total. The number of carbonyl (C=O) groups is 1. The predicted molar refractivity (Wildman–Crippen MR) is 154 cm³/mol. The van der Waals surface area contributed by atoms with Gasteiger partial charge in [-0.3, -0.25) is 4.79 Å². The van der Waals surface area contributed by atoms with Gasteiger partial charge in [0.2, 0.25) is 11.9 Å². The number of nitrogens with one attached hydrogen (secondary N) is 2. The second-order valence-electron chi connectivity index (χ2n) is 10.9. The van der Waals surface area contributed by atoms with Crippen molar-refractivity contribution in [3.8, 4) is 11.5 Å². The van der Waals surface area contributed by atoms with Crippen LogP contribution in [0.4, 0.5) is 17.5 Å². The van der Waals surface area contributed by atoms with Crippen molar-refractivity contribution in [2.24, 2.45) is 12.5 Å². The minimum Gasteiger partial charge on any atom is -0.457 e. The van der Waals surface area contributed by atoms with E-state index >= 15 is 0 Å². The molecule has 3 aromatic heterocycles. The molecule has 12 nitrogen and oxygen atoms in total. The number of fused-ring (bicyclic) bond motifs is 2. The molecule has 0 bridgehead atoms. The molecular formula is C29H28N10O2. The van der Waals surface area contributed by atoms with Gasteiger partial charge in [-0.15, -0.1) is 5.10 Å². The van der Waals surface area contributed by atoms with Gasteiger partial charge in [-0.25, -0.2) is 24.6 Å². The zero-order valence-electron chi connectivity index (χ0n) is 22.7. The molecule has 0 atom stereocenters. The zero-order chi connectivity index (χ0) is 28.1. The first-order valence-corrected chi connectivity index (χ1v) is 13.4. The highest BCUT2D eigenvalue weighted by atomic mass is 16.5. The number of rotatable bonds is 7. The van der Waals surface area contributed by atoms with Crippen molar-refractivity contribution in [3.05, 3.63) is 67.1 Å². The first-order chi connectivity index (χ1) is 19.9. The summed E-state index contributed by atoms with van der Waals surface area (Å²) in [5, 5.41) is 14.6. The van der Waals surface area contributed by atoms with E-state index in [1.807, 2.05) is 50.4 Å². The van der Waals surface area contributed by atoms with Crippen molar-refractivity contribution >= 4 is 45.4 Å². The van der Waals surface area contributed by atoms with Gasteiger partial charge in [0, 0.05) is 43.3 Å². The number of hydrogen-bond acceptors (Lipinski definition) is 10. The monoisotopic (exact) mass is 548 g/mol. The maximum absolute atomic E-state index is 11.6. The molecule has 0 unspecified atom stereocenters. The van der Waals surface area contributed by atoms with Gasteiger partial charge in [0.05, 0.1) is 11.7 Å². The van der Waals surface area contributed by atoms with E-state index in [0.717, 1.165) is 54.0 Å². The molecular weight excluding hydrogens is 520 g/mol. The molecule has 1 aliphatic carbocycles. The van der Waals surface area contributed by atoms with Crippen LogP contribution in [0.1, 0.15) is 18.4 Å². The Morgan fingerprint density at radius 1 is 1.12 bits per heavy atom. The van der Waals surface area contributed by atoms with Gasteiger partial charge >= 0.3 is 0 Å². The summed E-state index contributed by atoms with van der Waals surface area (Å²) >= 11 is 0. The van der Waals surface area contributed by atoms with Crippen molar-refractivity contribution < 1.29 is 9.53 Å². The lowest BCUT2D eigenvalue weighted by atomic mass is 9.60. The van der Waals surface area contributed by atoms with Crippen LogP contribution in [0.15, 0.2) is 61.6 Å². The summed E-state index contributed by atoms with van der Waals surface area (Å²) in [6.07, 6.45) is 6.48. The number of ether oxygens (including phenoxy) is 1. The molecule has 206 valence electrons. The average molecular weight is 549 g/mol. The Bertz CT molecular complexity index is 1820. The number of aryl methyl sites for hydroxylation is 2. The topological polar surface area (TPSA) is 136 Å². The van der Waals surface area contributed by atoms with Crippen molar-refractivity contribution in [2.45, 2.75) is 25.8 Å². The van der Waals surface area contributed by atoms with E-state index < -0.39 is 0 Å². The van der Waals surface area contributed by atoms with Crippen LogP contribution in [0.3, 0.4) is 0 Å². The van der Waals surface area contributed by atoms with Crippen LogP contribution in [-0.2, 0) is 11.8 Å². The second kappa shape index (κ2) is 9.51. The van der Waals surface area contributed by atoms with Gasteiger partial charge < -0.3 is 20.3 Å². The van der Waals surface area contributed by atoms with E-state index in [9.17, 15) is 4.79 Å². The smallest absolute Gasteiger partial charge is 0.243 e. The lowest BCUT2D eigenvalue weighted by Crippen LogP contribution is -2.67. The maximum Gasteiger partial charge on any atom is 0.243 e. The number of carbonyl (C=O) groups excluding carboxylic acids is 1. The Hall–Kier alpha value is -5.13. The van der Waals surface area contributed by atoms with Crippen LogP contribution >= 0.6 is 0 Å². The number of hydrogen-bond donors (Lipinski definition) is 2. The molecule has 1 aliphatic heterocycles. The minimum atomic E-state index is -0.114. The van der Waals surface area contributed by atoms with Gasteiger partial charge in [0.15, 0.2) is 5.82 Å². The van der Waals surface area contributed by atoms with E-state index in [0.29, 0.717) is 28.5 Å². The predicted octanol–water partition coefficient (Wildman–Crippen LogP) is 3.82. The molecule has 4 heterocycles. The largest absolute Gasteiger partial charge is 0.457 e. The van der Waals surface area contributed by atoms with E-state index in [1.54, 1.807) is 10.9 Å². The summed E-state index contributed by atoms with van der Waals surface area (Å²) < 4.78 is 7.87. The molecule has 2 fully saturated rings. The number of nitrogens with zero attached hydrogens (tertiary/aromatic N) is 8. The summed E-state index contributed by atoms with van der Waals surface area (Å²) in [6.45, 7) is 7.24. The number of aromatic nitrogens is 7. The molecule has 1 saturated heterocycles. The third-order valence-electron chi connectivity index (χ3n) is 7.84. The van der Waals surface area contributed by atoms with E-state index in [1.165, 1.54) is 12.4 Å². The van der Waals surface area contributed by atoms with E-state index in [4.69, 9.17) is 9.72 Å². The summed E-state index contributed by atoms with van der Waals surface area (Å²) in [6, 6.07) is 11.8. The molecule has 12 heteroatoms. The summed E-state index contributed by atoms with van der Waals surface area (Å²) in [5.74, 6) is 2.58. The number of benzene rings is 2. The van der Waals surface area contributed by atoms with Crippen LogP contribution in [0.5, 0.6) is 11.5 Å². The Balaban J connectivity index is 1.05. The van der Waals surface area contributed by atoms with Gasteiger partial charge in [-0.05, 0) is 61.7 Å². The van der Waals surface area contributed by atoms with Crippen LogP contribution in [0.2, 0.25) is 0 Å². The molecule has 2 aliphatic rings. The van der Waals surface area contributed by atoms with Gasteiger partial charge in [0.25, 0.3) is 0 Å². The van der Waals surface area contributed by atoms with Crippen LogP contribution in [0, 0.1) is 12.3 Å². The van der Waals surface area contributed by atoms with E-state index in [-0.39, 0.29) is 17.4 Å². The van der Waals surface area contributed by atoms with Gasteiger partial charge in [-0.1, -0.05) is 11.8 Å². The summed E-state index contributed by atoms with van der Waals surface area (Å²) in [4.78, 5) is 31.9. The quantitative estimate of drug-likeness (QED) is 0.289. The maximum atomic E-state index is 11.6. The highest BCUT2D eigenvalue weighted by Gasteiger charge is 2.53. The Morgan fingerprint density at radius 2 is 1.98 bits per heavy atom. The number of amides is 1. The normalized spacial score (nSPS) is 15.9. The van der Waals surface area contributed by atoms with Crippen molar-refractivity contribution in [3.63, 3.8) is 0 Å². The fourth-order valence-corrected chi connectivity index (χ4v) is 5.79. The standard InChI is InChI=1S/C29H28N10O2/c1-4-25(40)33-19-11-29(12-19)14-39(15-29)28-30-13-22-26(35-28)27(32-16-31-22)34-18-5-8-24(17(2)9-18)41-20-6-7-23-21(10-20)36-37-38(23)3/h4-10,13,16,19H,1,11-12,14-15H2,2-3H3,(H,33,40)(H,31,32,34). The first-order valence-electron chi connectivity index (χ1n) is 13.4. The highest BCUT2D eigenvalue weighted by molar-refractivity contribution is 5.88. The molecule has 7 rings (SSSR count). The molecule has 2 aromatic carbocycles. The number of anilines is 3. The lowest BCUT2D eigenvalue weighted by Gasteiger charge is -2.59. The molecule has 1 amide bonds. The van der Waals surface area contributed by atoms with Crippen LogP contribution < -0.4 is 20.3 Å². The lowest BCUT2D eigenvalue weighted by molar-refractivity contribution is -0.119. The van der Waals surface area contributed by atoms with Crippen LogP contribution in [0.25, 0.3) is 22.1 Å². The molecule has 0 radical (unpaired) electrons. The Labute approximate surface area is 235 Å². The molecule has 5 aromatic rings. The van der Waals surface area contributed by atoms with Gasteiger partial charge in [0.1, 0.15) is 34.4 Å². The Morgan fingerprint density at radius 3 is 2.78 bits per heavy atom. The second-order valence-corrected chi connectivity index (χ2v) is 10.9. The fourth-order valence-electron chi connectivity index (χ4n) is 5.79. The third-order valence-corrected chi connectivity index (χ3v) is 7.84. The molecule has 41 heavy (non-hydrogen) atoms. The summed E-state index contributed by atoms with van der Waals surface area (Å²) in [7, 11) is 1.86. The third kappa shape index (κ3) is 4.56. The van der Waals surface area contributed by atoms with Crippen molar-refractivity contribution in [1.82, 2.24) is 40.2 Å². The average Bonchev–Trinajstić information content (AvgIpc) is 3.30.